The predicted molar refractivity (Wildman–Crippen MR) is 83.9 cm³/mol. The van der Waals surface area contributed by atoms with Crippen LogP contribution < -0.4 is 0 Å². The van der Waals surface area contributed by atoms with Gasteiger partial charge in [0.1, 0.15) is 6.10 Å². The third-order valence-corrected chi connectivity index (χ3v) is 11.1. The molecular weight excluding hydrogens is 252 g/mol. The molecule has 1 saturated carbocycles. The topological polar surface area (TPSA) is 26.3 Å². The van der Waals surface area contributed by atoms with Crippen LogP contribution in [-0.4, -0.2) is 20.2 Å². The Bertz CT molecular complexity index is 288. The van der Waals surface area contributed by atoms with Gasteiger partial charge in [0, 0.05) is 5.92 Å². The van der Waals surface area contributed by atoms with Crippen LogP contribution >= 0.6 is 0 Å². The summed E-state index contributed by atoms with van der Waals surface area (Å²) in [6.45, 7) is 15.7. The first kappa shape index (κ1) is 16.9. The molecule has 0 N–H and O–H groups in total. The number of hydrogen-bond donors (Lipinski definition) is 0. The van der Waals surface area contributed by atoms with E-state index < -0.39 is 8.32 Å². The maximum Gasteiger partial charge on any atom is 0.201 e. The molecule has 112 valence electrons. The van der Waals surface area contributed by atoms with Gasteiger partial charge >= 0.3 is 0 Å². The van der Waals surface area contributed by atoms with Gasteiger partial charge in [0.05, 0.1) is 0 Å². The van der Waals surface area contributed by atoms with Gasteiger partial charge in [-0.15, -0.1) is 0 Å². The van der Waals surface area contributed by atoms with E-state index in [2.05, 4.69) is 48.5 Å². The normalized spacial score (nSPS) is 25.7. The van der Waals surface area contributed by atoms with Crippen LogP contribution in [0.3, 0.4) is 0 Å². The van der Waals surface area contributed by atoms with Crippen molar-refractivity contribution in [2.75, 3.05) is 0 Å². The lowest BCUT2D eigenvalue weighted by molar-refractivity contribution is -0.132. The summed E-state index contributed by atoms with van der Waals surface area (Å²) in [4.78, 5) is 12.4. The van der Waals surface area contributed by atoms with Gasteiger partial charge in [-0.1, -0.05) is 48.5 Å². The minimum Gasteiger partial charge on any atom is -0.406 e. The molecule has 0 amide bonds. The van der Waals surface area contributed by atoms with Crippen LogP contribution in [0.25, 0.3) is 0 Å². The lowest BCUT2D eigenvalue weighted by atomic mass is 9.87. The monoisotopic (exact) mass is 284 g/mol. The molecule has 1 rings (SSSR count). The van der Waals surface area contributed by atoms with E-state index in [0.717, 1.165) is 19.3 Å². The van der Waals surface area contributed by atoms with Gasteiger partial charge in [-0.3, -0.25) is 4.79 Å². The quantitative estimate of drug-likeness (QED) is 0.669. The molecule has 1 fully saturated rings. The van der Waals surface area contributed by atoms with Crippen molar-refractivity contribution in [3.63, 3.8) is 0 Å². The van der Waals surface area contributed by atoms with Gasteiger partial charge in [-0.05, 0) is 35.9 Å². The highest BCUT2D eigenvalue weighted by atomic mass is 28.4. The van der Waals surface area contributed by atoms with E-state index in [1.807, 2.05) is 0 Å². The Hall–Kier alpha value is -0.153. The summed E-state index contributed by atoms with van der Waals surface area (Å²) in [6.07, 6.45) is 2.99. The van der Waals surface area contributed by atoms with Crippen LogP contribution in [0.2, 0.25) is 16.6 Å². The Balaban J connectivity index is 2.97. The zero-order valence-electron chi connectivity index (χ0n) is 13.8. The minimum atomic E-state index is -1.91. The molecule has 0 unspecified atom stereocenters. The first-order valence-corrected chi connectivity index (χ1v) is 10.1. The summed E-state index contributed by atoms with van der Waals surface area (Å²) in [5, 5.41) is 0. The first-order valence-electron chi connectivity index (χ1n) is 7.95. The fraction of sp³-hybridized carbons (Fsp3) is 0.938. The molecule has 1 aliphatic rings. The van der Waals surface area contributed by atoms with Crippen molar-refractivity contribution in [1.82, 2.24) is 0 Å². The maximum atomic E-state index is 12.4. The Morgan fingerprint density at radius 2 is 1.47 bits per heavy atom. The zero-order valence-corrected chi connectivity index (χ0v) is 14.8. The number of ketones is 1. The van der Waals surface area contributed by atoms with Crippen molar-refractivity contribution in [3.8, 4) is 0 Å². The smallest absolute Gasteiger partial charge is 0.201 e. The molecule has 0 aromatic carbocycles. The van der Waals surface area contributed by atoms with Crippen molar-refractivity contribution < 1.29 is 9.22 Å². The molecule has 3 heteroatoms. The van der Waals surface area contributed by atoms with Crippen LogP contribution in [-0.2, 0) is 9.22 Å². The van der Waals surface area contributed by atoms with Gasteiger partial charge in [-0.25, -0.2) is 0 Å². The van der Waals surface area contributed by atoms with Crippen molar-refractivity contribution in [2.45, 2.75) is 90.5 Å². The number of hydrogen-bond acceptors (Lipinski definition) is 2. The SMILES string of the molecule is CC(C)[Si](O[C@@H]1CCC[C@H](C)C1=O)(C(C)C)C(C)C. The summed E-state index contributed by atoms with van der Waals surface area (Å²) in [5.41, 5.74) is 1.66. The molecule has 0 saturated heterocycles. The Labute approximate surface area is 120 Å². The zero-order chi connectivity index (χ0) is 14.8. The third-order valence-electron chi connectivity index (χ3n) is 4.96. The molecule has 2 atom stereocenters. The molecule has 0 aromatic rings. The summed E-state index contributed by atoms with van der Waals surface area (Å²) < 4.78 is 6.64. The van der Waals surface area contributed by atoms with Gasteiger partial charge in [0.25, 0.3) is 0 Å². The fourth-order valence-electron chi connectivity index (χ4n) is 3.98. The van der Waals surface area contributed by atoms with Gasteiger partial charge in [0.2, 0.25) is 8.32 Å². The van der Waals surface area contributed by atoms with E-state index in [-0.39, 0.29) is 12.0 Å². The molecule has 0 aliphatic heterocycles. The lowest BCUT2D eigenvalue weighted by Gasteiger charge is -2.45. The molecule has 0 aromatic heterocycles. The van der Waals surface area contributed by atoms with Crippen molar-refractivity contribution in [1.29, 1.82) is 0 Å². The average molecular weight is 285 g/mol. The van der Waals surface area contributed by atoms with E-state index in [0.29, 0.717) is 22.4 Å². The molecule has 1 aliphatic carbocycles. The van der Waals surface area contributed by atoms with Crippen LogP contribution in [0, 0.1) is 5.92 Å². The maximum absolute atomic E-state index is 12.4. The number of Topliss-reactive ketones (excluding diaryl/α,β-unsaturated/α-hetero) is 1. The van der Waals surface area contributed by atoms with Crippen LogP contribution in [0.1, 0.15) is 67.7 Å². The van der Waals surface area contributed by atoms with E-state index >= 15 is 0 Å². The van der Waals surface area contributed by atoms with Crippen molar-refractivity contribution in [3.05, 3.63) is 0 Å². The summed E-state index contributed by atoms with van der Waals surface area (Å²) in [7, 11) is -1.91. The molecule has 0 heterocycles. The highest BCUT2D eigenvalue weighted by Gasteiger charge is 2.48. The Morgan fingerprint density at radius 1 is 1.00 bits per heavy atom. The highest BCUT2D eigenvalue weighted by Crippen LogP contribution is 2.44. The van der Waals surface area contributed by atoms with Crippen LogP contribution in [0.4, 0.5) is 0 Å². The number of carbonyl (C=O) groups excluding carboxylic acids is 1. The number of carbonyl (C=O) groups is 1. The van der Waals surface area contributed by atoms with Crippen molar-refractivity contribution in [2.24, 2.45) is 5.92 Å². The van der Waals surface area contributed by atoms with Crippen molar-refractivity contribution >= 4 is 14.1 Å². The fourth-order valence-corrected chi connectivity index (χ4v) is 9.53. The van der Waals surface area contributed by atoms with E-state index in [4.69, 9.17) is 4.43 Å². The molecule has 2 nitrogen and oxygen atoms in total. The minimum absolute atomic E-state index is 0.123. The number of rotatable bonds is 5. The largest absolute Gasteiger partial charge is 0.406 e. The summed E-state index contributed by atoms with van der Waals surface area (Å²) in [6, 6.07) is 0. The molecule has 0 radical (unpaired) electrons. The second-order valence-corrected chi connectivity index (χ2v) is 12.6. The molecule has 0 spiro atoms. The van der Waals surface area contributed by atoms with E-state index in [1.54, 1.807) is 0 Å². The Kier molecular flexibility index (Phi) is 5.81. The lowest BCUT2D eigenvalue weighted by Crippen LogP contribution is -2.52. The standard InChI is InChI=1S/C16H32O2Si/c1-11(2)19(12(3)4,13(5)6)18-15-10-8-9-14(7)16(15)17/h11-15H,8-10H2,1-7H3/t14-,15+/m0/s1. The van der Waals surface area contributed by atoms with Gasteiger partial charge in [0.15, 0.2) is 5.78 Å². The van der Waals surface area contributed by atoms with Crippen LogP contribution in [0.15, 0.2) is 0 Å². The Morgan fingerprint density at radius 3 is 1.89 bits per heavy atom. The average Bonchev–Trinajstić information content (AvgIpc) is 2.29. The molecular formula is C16H32O2Si. The summed E-state index contributed by atoms with van der Waals surface area (Å²) in [5.74, 6) is 0.544. The second-order valence-electron chi connectivity index (χ2n) is 7.16. The highest BCUT2D eigenvalue weighted by molar-refractivity contribution is 6.77. The second kappa shape index (κ2) is 6.53. The summed E-state index contributed by atoms with van der Waals surface area (Å²) >= 11 is 0. The van der Waals surface area contributed by atoms with E-state index in [1.165, 1.54) is 0 Å². The first-order chi connectivity index (χ1) is 8.73. The third kappa shape index (κ3) is 3.30. The molecule has 0 bridgehead atoms. The van der Waals surface area contributed by atoms with E-state index in [9.17, 15) is 4.79 Å². The molecule has 19 heavy (non-hydrogen) atoms. The van der Waals surface area contributed by atoms with Gasteiger partial charge in [-0.2, -0.15) is 0 Å². The van der Waals surface area contributed by atoms with Crippen LogP contribution in [0.5, 0.6) is 0 Å². The predicted octanol–water partition coefficient (Wildman–Crippen LogP) is 4.94. The van der Waals surface area contributed by atoms with Gasteiger partial charge < -0.3 is 4.43 Å².